The van der Waals surface area contributed by atoms with Crippen LogP contribution in [0, 0.1) is 13.8 Å². The van der Waals surface area contributed by atoms with Crippen molar-refractivity contribution < 1.29 is 9.47 Å². The van der Waals surface area contributed by atoms with Crippen molar-refractivity contribution in [3.63, 3.8) is 0 Å². The second kappa shape index (κ2) is 5.12. The van der Waals surface area contributed by atoms with Gasteiger partial charge in [0.2, 0.25) is 6.79 Å². The summed E-state index contributed by atoms with van der Waals surface area (Å²) >= 11 is 0. The highest BCUT2D eigenvalue weighted by molar-refractivity contribution is 5.55. The summed E-state index contributed by atoms with van der Waals surface area (Å²) in [5.41, 5.74) is 5.03. The van der Waals surface area contributed by atoms with Crippen LogP contribution in [0.2, 0.25) is 0 Å². The minimum Gasteiger partial charge on any atom is -0.454 e. The van der Waals surface area contributed by atoms with E-state index < -0.39 is 0 Å². The first kappa shape index (κ1) is 12.9. The van der Waals surface area contributed by atoms with Gasteiger partial charge >= 0.3 is 0 Å². The number of hydrogen-bond donors (Lipinski definition) is 1. The predicted octanol–water partition coefficient (Wildman–Crippen LogP) is 3.47. The van der Waals surface area contributed by atoms with Crippen molar-refractivity contribution >= 4 is 5.69 Å². The van der Waals surface area contributed by atoms with Gasteiger partial charge in [-0.25, -0.2) is 0 Å². The molecule has 0 unspecified atom stereocenters. The van der Waals surface area contributed by atoms with E-state index >= 15 is 0 Å². The molecule has 4 nitrogen and oxygen atoms in total. The second-order valence-electron chi connectivity index (χ2n) is 5.06. The lowest BCUT2D eigenvalue weighted by atomic mass is 10.2. The van der Waals surface area contributed by atoms with Crippen molar-refractivity contribution in [2.75, 3.05) is 12.1 Å². The van der Waals surface area contributed by atoms with E-state index in [0.717, 1.165) is 30.3 Å². The molecule has 1 aromatic heterocycles. The first-order valence-electron chi connectivity index (χ1n) is 6.98. The Morgan fingerprint density at radius 2 is 1.95 bits per heavy atom. The van der Waals surface area contributed by atoms with E-state index in [1.165, 1.54) is 17.0 Å². The summed E-state index contributed by atoms with van der Waals surface area (Å²) in [5, 5.41) is 3.45. The lowest BCUT2D eigenvalue weighted by molar-refractivity contribution is 0.174. The number of ether oxygens (including phenoxy) is 2. The highest BCUT2D eigenvalue weighted by Gasteiger charge is 2.13. The highest BCUT2D eigenvalue weighted by Crippen LogP contribution is 2.34. The average Bonchev–Trinajstić information content (AvgIpc) is 3.00. The number of hydrogen-bond acceptors (Lipinski definition) is 3. The van der Waals surface area contributed by atoms with Crippen molar-refractivity contribution in [3.05, 3.63) is 41.2 Å². The zero-order valence-corrected chi connectivity index (χ0v) is 12.2. The summed E-state index contributed by atoms with van der Waals surface area (Å²) in [5.74, 6) is 1.63. The smallest absolute Gasteiger partial charge is 0.231 e. The standard InChI is InChI=1S/C16H20N2O2/c1-4-18-11(2)7-13(12(18)3)9-17-14-5-6-15-16(8-14)20-10-19-15/h5-8,17H,4,9-10H2,1-3H3. The fourth-order valence-corrected chi connectivity index (χ4v) is 2.74. The molecule has 3 rings (SSSR count). The molecule has 1 N–H and O–H groups in total. The molecule has 0 fully saturated rings. The van der Waals surface area contributed by atoms with Crippen LogP contribution in [0.4, 0.5) is 5.69 Å². The molecule has 0 aliphatic carbocycles. The lowest BCUT2D eigenvalue weighted by Gasteiger charge is -2.09. The van der Waals surface area contributed by atoms with Crippen molar-refractivity contribution in [2.24, 2.45) is 0 Å². The van der Waals surface area contributed by atoms with Crippen molar-refractivity contribution in [1.29, 1.82) is 0 Å². The first-order chi connectivity index (χ1) is 9.69. The molecule has 0 saturated heterocycles. The number of benzene rings is 1. The SMILES string of the molecule is CCn1c(C)cc(CNc2ccc3c(c2)OCO3)c1C. The Morgan fingerprint density at radius 3 is 2.70 bits per heavy atom. The number of fused-ring (bicyclic) bond motifs is 1. The number of nitrogens with zero attached hydrogens (tertiary/aromatic N) is 1. The molecular weight excluding hydrogens is 252 g/mol. The van der Waals surface area contributed by atoms with Gasteiger partial charge in [0.15, 0.2) is 11.5 Å². The van der Waals surface area contributed by atoms with Gasteiger partial charge < -0.3 is 19.4 Å². The molecule has 1 aromatic carbocycles. The van der Waals surface area contributed by atoms with E-state index in [2.05, 4.69) is 36.7 Å². The summed E-state index contributed by atoms with van der Waals surface area (Å²) in [4.78, 5) is 0. The second-order valence-corrected chi connectivity index (χ2v) is 5.06. The highest BCUT2D eigenvalue weighted by atomic mass is 16.7. The summed E-state index contributed by atoms with van der Waals surface area (Å²) in [7, 11) is 0. The minimum absolute atomic E-state index is 0.316. The van der Waals surface area contributed by atoms with Gasteiger partial charge in [0, 0.05) is 36.2 Å². The van der Waals surface area contributed by atoms with E-state index in [1.807, 2.05) is 18.2 Å². The molecule has 1 aliphatic rings. The number of aromatic nitrogens is 1. The van der Waals surface area contributed by atoms with Crippen LogP contribution in [-0.4, -0.2) is 11.4 Å². The zero-order valence-electron chi connectivity index (χ0n) is 12.2. The van der Waals surface area contributed by atoms with E-state index in [4.69, 9.17) is 9.47 Å². The average molecular weight is 272 g/mol. The molecule has 20 heavy (non-hydrogen) atoms. The molecule has 0 saturated carbocycles. The summed E-state index contributed by atoms with van der Waals surface area (Å²) in [6, 6.07) is 8.20. The quantitative estimate of drug-likeness (QED) is 0.925. The zero-order chi connectivity index (χ0) is 14.1. The fourth-order valence-electron chi connectivity index (χ4n) is 2.74. The van der Waals surface area contributed by atoms with E-state index in [0.29, 0.717) is 6.79 Å². The molecule has 2 heterocycles. The number of aryl methyl sites for hydroxylation is 1. The minimum atomic E-state index is 0.316. The number of nitrogens with one attached hydrogen (secondary N) is 1. The van der Waals surface area contributed by atoms with Crippen molar-refractivity contribution in [1.82, 2.24) is 4.57 Å². The number of rotatable bonds is 4. The Bertz CT molecular complexity index is 632. The van der Waals surface area contributed by atoms with Crippen LogP contribution in [0.1, 0.15) is 23.9 Å². The molecule has 0 atom stereocenters. The lowest BCUT2D eigenvalue weighted by Crippen LogP contribution is -2.03. The summed E-state index contributed by atoms with van der Waals surface area (Å²) in [6.45, 7) is 8.65. The maximum Gasteiger partial charge on any atom is 0.231 e. The Hall–Kier alpha value is -2.10. The third-order valence-electron chi connectivity index (χ3n) is 3.85. The van der Waals surface area contributed by atoms with Crippen LogP contribution < -0.4 is 14.8 Å². The van der Waals surface area contributed by atoms with Gasteiger partial charge in [0.05, 0.1) is 0 Å². The Balaban J connectivity index is 1.73. The molecule has 4 heteroatoms. The fraction of sp³-hybridized carbons (Fsp3) is 0.375. The van der Waals surface area contributed by atoms with Crippen LogP contribution in [0.15, 0.2) is 24.3 Å². The van der Waals surface area contributed by atoms with E-state index in [9.17, 15) is 0 Å². The molecular formula is C16H20N2O2. The molecule has 0 spiro atoms. The van der Waals surface area contributed by atoms with Gasteiger partial charge in [0.25, 0.3) is 0 Å². The monoisotopic (exact) mass is 272 g/mol. The topological polar surface area (TPSA) is 35.4 Å². The Kier molecular flexibility index (Phi) is 3.30. The first-order valence-corrected chi connectivity index (χ1v) is 6.98. The third kappa shape index (κ3) is 2.22. The van der Waals surface area contributed by atoms with E-state index in [1.54, 1.807) is 0 Å². The summed E-state index contributed by atoms with van der Waals surface area (Å²) < 4.78 is 13.0. The maximum absolute atomic E-state index is 5.39. The van der Waals surface area contributed by atoms with E-state index in [-0.39, 0.29) is 0 Å². The summed E-state index contributed by atoms with van der Waals surface area (Å²) in [6.07, 6.45) is 0. The molecule has 0 radical (unpaired) electrons. The van der Waals surface area contributed by atoms with Crippen LogP contribution in [0.5, 0.6) is 11.5 Å². The normalized spacial score (nSPS) is 12.8. The van der Waals surface area contributed by atoms with Crippen molar-refractivity contribution in [2.45, 2.75) is 33.9 Å². The maximum atomic E-state index is 5.39. The largest absolute Gasteiger partial charge is 0.454 e. The predicted molar refractivity (Wildman–Crippen MR) is 79.5 cm³/mol. The van der Waals surface area contributed by atoms with Crippen LogP contribution in [0.25, 0.3) is 0 Å². The third-order valence-corrected chi connectivity index (χ3v) is 3.85. The van der Waals surface area contributed by atoms with Gasteiger partial charge in [-0.15, -0.1) is 0 Å². The van der Waals surface area contributed by atoms with Gasteiger partial charge in [-0.1, -0.05) is 0 Å². The van der Waals surface area contributed by atoms with Crippen molar-refractivity contribution in [3.8, 4) is 11.5 Å². The molecule has 106 valence electrons. The van der Waals surface area contributed by atoms with Crippen LogP contribution in [0.3, 0.4) is 0 Å². The van der Waals surface area contributed by atoms with Crippen LogP contribution in [-0.2, 0) is 13.1 Å². The molecule has 2 aromatic rings. The van der Waals surface area contributed by atoms with Gasteiger partial charge in [-0.05, 0) is 44.5 Å². The Labute approximate surface area is 119 Å². The van der Waals surface area contributed by atoms with Gasteiger partial charge in [0.1, 0.15) is 0 Å². The van der Waals surface area contributed by atoms with Gasteiger partial charge in [-0.3, -0.25) is 0 Å². The molecule has 1 aliphatic heterocycles. The number of anilines is 1. The molecule has 0 amide bonds. The van der Waals surface area contributed by atoms with Gasteiger partial charge in [-0.2, -0.15) is 0 Å². The molecule has 0 bridgehead atoms. The Morgan fingerprint density at radius 1 is 1.15 bits per heavy atom. The van der Waals surface area contributed by atoms with Crippen LogP contribution >= 0.6 is 0 Å².